The average molecular weight is 169 g/mol. The first kappa shape index (κ1) is 9.23. The van der Waals surface area contributed by atoms with Crippen LogP contribution in [0.2, 0.25) is 0 Å². The van der Waals surface area contributed by atoms with Crippen LogP contribution in [0.4, 0.5) is 0 Å². The highest BCUT2D eigenvalue weighted by atomic mass is 16.2. The van der Waals surface area contributed by atoms with Gasteiger partial charge in [-0.05, 0) is 6.42 Å². The Morgan fingerprint density at radius 1 is 1.17 bits per heavy atom. The van der Waals surface area contributed by atoms with E-state index >= 15 is 0 Å². The first-order valence-electron chi connectivity index (χ1n) is 4.60. The largest absolute Gasteiger partial charge is 0.295 e. The van der Waals surface area contributed by atoms with Gasteiger partial charge in [0.05, 0.1) is 0 Å². The van der Waals surface area contributed by atoms with Gasteiger partial charge in [0.25, 0.3) is 0 Å². The lowest BCUT2D eigenvalue weighted by Crippen LogP contribution is -2.54. The van der Waals surface area contributed by atoms with E-state index in [0.29, 0.717) is 0 Å². The molecule has 1 fully saturated rings. The molecule has 1 rings (SSSR count). The van der Waals surface area contributed by atoms with Crippen LogP contribution in [0, 0.1) is 5.92 Å². The molecule has 3 nitrogen and oxygen atoms in total. The molecule has 3 heteroatoms. The van der Waals surface area contributed by atoms with E-state index in [4.69, 9.17) is 0 Å². The standard InChI is InChI=1S/C9H15NO2/c1-2-3-4-5-6-7-8(11)10-9(7)12/h7H,2-6H2,1H3,(H,10,11,12). The van der Waals surface area contributed by atoms with Crippen molar-refractivity contribution >= 4 is 11.8 Å². The van der Waals surface area contributed by atoms with E-state index in [0.717, 1.165) is 19.3 Å². The third-order valence-electron chi connectivity index (χ3n) is 2.23. The van der Waals surface area contributed by atoms with E-state index in [1.54, 1.807) is 0 Å². The van der Waals surface area contributed by atoms with Crippen LogP contribution >= 0.6 is 0 Å². The van der Waals surface area contributed by atoms with Gasteiger partial charge < -0.3 is 0 Å². The Balaban J connectivity index is 2.07. The Kier molecular flexibility index (Phi) is 3.26. The number of amides is 2. The van der Waals surface area contributed by atoms with Gasteiger partial charge in [-0.25, -0.2) is 0 Å². The summed E-state index contributed by atoms with van der Waals surface area (Å²) in [5, 5.41) is 2.22. The van der Waals surface area contributed by atoms with Crippen molar-refractivity contribution in [1.82, 2.24) is 5.32 Å². The second kappa shape index (κ2) is 4.24. The molecule has 0 radical (unpaired) electrons. The normalized spacial score (nSPS) is 17.4. The summed E-state index contributed by atoms with van der Waals surface area (Å²) in [6, 6.07) is 0. The average Bonchev–Trinajstić information content (AvgIpc) is 2.04. The van der Waals surface area contributed by atoms with Crippen molar-refractivity contribution < 1.29 is 9.59 Å². The summed E-state index contributed by atoms with van der Waals surface area (Å²) in [7, 11) is 0. The summed E-state index contributed by atoms with van der Waals surface area (Å²) in [6.07, 6.45) is 5.25. The quantitative estimate of drug-likeness (QED) is 0.382. The highest BCUT2D eigenvalue weighted by molar-refractivity contribution is 6.17. The van der Waals surface area contributed by atoms with Crippen LogP contribution < -0.4 is 5.32 Å². The van der Waals surface area contributed by atoms with E-state index in [1.807, 2.05) is 0 Å². The van der Waals surface area contributed by atoms with Crippen molar-refractivity contribution in [3.63, 3.8) is 0 Å². The molecule has 1 heterocycles. The maximum Gasteiger partial charge on any atom is 0.239 e. The van der Waals surface area contributed by atoms with Crippen molar-refractivity contribution in [2.75, 3.05) is 0 Å². The molecule has 1 N–H and O–H groups in total. The molecular weight excluding hydrogens is 154 g/mol. The van der Waals surface area contributed by atoms with E-state index in [9.17, 15) is 9.59 Å². The molecule has 0 aliphatic carbocycles. The number of carbonyl (C=O) groups excluding carboxylic acids is 2. The Morgan fingerprint density at radius 3 is 2.33 bits per heavy atom. The second-order valence-electron chi connectivity index (χ2n) is 3.26. The van der Waals surface area contributed by atoms with E-state index in [1.165, 1.54) is 12.8 Å². The van der Waals surface area contributed by atoms with Crippen molar-refractivity contribution in [2.45, 2.75) is 39.0 Å². The lowest BCUT2D eigenvalue weighted by atomic mass is 9.94. The van der Waals surface area contributed by atoms with E-state index in [2.05, 4.69) is 12.2 Å². The Hall–Kier alpha value is -0.860. The fourth-order valence-corrected chi connectivity index (χ4v) is 1.37. The molecule has 1 aliphatic rings. The van der Waals surface area contributed by atoms with Crippen molar-refractivity contribution in [1.29, 1.82) is 0 Å². The fourth-order valence-electron chi connectivity index (χ4n) is 1.37. The lowest BCUT2D eigenvalue weighted by Gasteiger charge is -2.23. The highest BCUT2D eigenvalue weighted by Gasteiger charge is 2.36. The Labute approximate surface area is 72.5 Å². The summed E-state index contributed by atoms with van der Waals surface area (Å²) in [6.45, 7) is 2.14. The zero-order valence-electron chi connectivity index (χ0n) is 7.43. The number of nitrogens with one attached hydrogen (secondary N) is 1. The number of β-lactam (4-membered cyclic amide) rings is 2. The molecule has 0 atom stereocenters. The van der Waals surface area contributed by atoms with Crippen LogP contribution in [0.15, 0.2) is 0 Å². The molecule has 0 aromatic rings. The van der Waals surface area contributed by atoms with Gasteiger partial charge in [-0.1, -0.05) is 32.6 Å². The lowest BCUT2D eigenvalue weighted by molar-refractivity contribution is -0.148. The minimum Gasteiger partial charge on any atom is -0.295 e. The number of carbonyl (C=O) groups is 2. The van der Waals surface area contributed by atoms with E-state index in [-0.39, 0.29) is 17.7 Å². The molecule has 0 saturated carbocycles. The molecule has 68 valence electrons. The summed E-state index contributed by atoms with van der Waals surface area (Å²) >= 11 is 0. The smallest absolute Gasteiger partial charge is 0.239 e. The van der Waals surface area contributed by atoms with Crippen LogP contribution in [0.5, 0.6) is 0 Å². The van der Waals surface area contributed by atoms with Gasteiger partial charge >= 0.3 is 0 Å². The summed E-state index contributed by atoms with van der Waals surface area (Å²) in [4.78, 5) is 21.5. The van der Waals surface area contributed by atoms with Crippen LogP contribution in [0.3, 0.4) is 0 Å². The molecule has 0 unspecified atom stereocenters. The Morgan fingerprint density at radius 2 is 1.83 bits per heavy atom. The van der Waals surface area contributed by atoms with Crippen LogP contribution in [0.25, 0.3) is 0 Å². The maximum atomic E-state index is 10.8. The Bertz CT molecular complexity index is 175. The third kappa shape index (κ3) is 2.06. The van der Waals surface area contributed by atoms with Gasteiger partial charge in [0, 0.05) is 0 Å². The molecule has 2 amide bonds. The SMILES string of the molecule is CCCCCCC1C(=O)NC1=O. The second-order valence-corrected chi connectivity index (χ2v) is 3.26. The molecule has 0 aromatic carbocycles. The number of imide groups is 1. The molecule has 1 saturated heterocycles. The van der Waals surface area contributed by atoms with Crippen LogP contribution in [0.1, 0.15) is 39.0 Å². The molecule has 0 bridgehead atoms. The number of rotatable bonds is 5. The fraction of sp³-hybridized carbons (Fsp3) is 0.778. The van der Waals surface area contributed by atoms with Gasteiger partial charge in [-0.15, -0.1) is 0 Å². The summed E-state index contributed by atoms with van der Waals surface area (Å²) < 4.78 is 0. The van der Waals surface area contributed by atoms with Crippen LogP contribution in [-0.2, 0) is 9.59 Å². The van der Waals surface area contributed by atoms with Crippen molar-refractivity contribution in [3.8, 4) is 0 Å². The van der Waals surface area contributed by atoms with Crippen molar-refractivity contribution in [3.05, 3.63) is 0 Å². The predicted octanol–water partition coefficient (Wildman–Crippen LogP) is 1.23. The third-order valence-corrected chi connectivity index (χ3v) is 2.23. The van der Waals surface area contributed by atoms with Gasteiger partial charge in [0.15, 0.2) is 0 Å². The highest BCUT2D eigenvalue weighted by Crippen LogP contribution is 2.16. The van der Waals surface area contributed by atoms with Gasteiger partial charge in [-0.3, -0.25) is 14.9 Å². The zero-order valence-corrected chi connectivity index (χ0v) is 7.43. The topological polar surface area (TPSA) is 46.2 Å². The monoisotopic (exact) mass is 169 g/mol. The minimum atomic E-state index is -0.318. The summed E-state index contributed by atoms with van der Waals surface area (Å²) in [5.41, 5.74) is 0. The van der Waals surface area contributed by atoms with Gasteiger partial charge in [0.1, 0.15) is 5.92 Å². The molecule has 0 aromatic heterocycles. The molecule has 0 spiro atoms. The first-order chi connectivity index (χ1) is 5.75. The molecule has 12 heavy (non-hydrogen) atoms. The zero-order chi connectivity index (χ0) is 8.97. The van der Waals surface area contributed by atoms with Gasteiger partial charge in [0.2, 0.25) is 11.8 Å². The number of unbranched alkanes of at least 4 members (excludes halogenated alkanes) is 3. The number of hydrogen-bond acceptors (Lipinski definition) is 2. The van der Waals surface area contributed by atoms with Crippen molar-refractivity contribution in [2.24, 2.45) is 5.92 Å². The minimum absolute atomic E-state index is 0.0866. The van der Waals surface area contributed by atoms with Gasteiger partial charge in [-0.2, -0.15) is 0 Å². The van der Waals surface area contributed by atoms with E-state index < -0.39 is 0 Å². The maximum absolute atomic E-state index is 10.8. The van der Waals surface area contributed by atoms with Crippen LogP contribution in [-0.4, -0.2) is 11.8 Å². The molecular formula is C9H15NO2. The number of hydrogen-bond donors (Lipinski definition) is 1. The first-order valence-corrected chi connectivity index (χ1v) is 4.60. The summed E-state index contributed by atoms with van der Waals surface area (Å²) in [5.74, 6) is -0.491. The predicted molar refractivity (Wildman–Crippen MR) is 45.4 cm³/mol. The molecule has 1 aliphatic heterocycles.